The molecule has 4 aliphatic carbocycles. The van der Waals surface area contributed by atoms with Gasteiger partial charge in [0.2, 0.25) is 0 Å². The molecule has 0 amide bonds. The van der Waals surface area contributed by atoms with E-state index in [2.05, 4.69) is 103 Å². The minimum atomic E-state index is 0.458. The number of pyridine rings is 2. The van der Waals surface area contributed by atoms with Gasteiger partial charge in [0.15, 0.2) is 0 Å². The molecule has 5 nitrogen and oxygen atoms in total. The lowest BCUT2D eigenvalue weighted by molar-refractivity contribution is -0.224. The Morgan fingerprint density at radius 1 is 0.750 bits per heavy atom. The summed E-state index contributed by atoms with van der Waals surface area (Å²) < 4.78 is 0. The fourth-order valence-corrected chi connectivity index (χ4v) is 13.4. The lowest BCUT2D eigenvalue weighted by atomic mass is 9.33. The van der Waals surface area contributed by atoms with Crippen LogP contribution in [0.25, 0.3) is 0 Å². The van der Waals surface area contributed by atoms with Gasteiger partial charge in [0.1, 0.15) is 0 Å². The van der Waals surface area contributed by atoms with E-state index in [1.54, 1.807) is 6.20 Å². The van der Waals surface area contributed by atoms with Crippen molar-refractivity contribution < 1.29 is 0 Å². The summed E-state index contributed by atoms with van der Waals surface area (Å²) in [7, 11) is 4.38. The Hall–Kier alpha value is -1.98. The van der Waals surface area contributed by atoms with Gasteiger partial charge >= 0.3 is 0 Å². The van der Waals surface area contributed by atoms with Gasteiger partial charge in [0.25, 0.3) is 0 Å². The first-order valence-corrected chi connectivity index (χ1v) is 21.5. The molecule has 6 rings (SSSR count). The quantitative estimate of drug-likeness (QED) is 0.211. The molecule has 52 heavy (non-hydrogen) atoms. The van der Waals surface area contributed by atoms with Crippen molar-refractivity contribution in [3.05, 3.63) is 53.6 Å². The molecule has 5 heteroatoms. The largest absolute Gasteiger partial charge is 0.399 e. The van der Waals surface area contributed by atoms with E-state index in [0.29, 0.717) is 27.1 Å². The number of nitrogen functional groups attached to an aromatic ring is 1. The molecular formula is C47H77N5. The number of aromatic nitrogens is 2. The maximum absolute atomic E-state index is 5.96. The monoisotopic (exact) mass is 712 g/mol. The highest BCUT2D eigenvalue weighted by Gasteiger charge is 2.72. The molecule has 2 aromatic heterocycles. The average Bonchev–Trinajstić information content (AvgIpc) is 3.30. The summed E-state index contributed by atoms with van der Waals surface area (Å²) in [6.45, 7) is 25.0. The number of likely N-dealkylation sites (N-methyl/N-ethyl adjacent to an activating group) is 2. The van der Waals surface area contributed by atoms with Crippen LogP contribution in [0.15, 0.2) is 36.7 Å². The molecule has 4 aliphatic rings. The van der Waals surface area contributed by atoms with Crippen LogP contribution in [0.4, 0.5) is 5.69 Å². The number of fused-ring (bicyclic) bond motifs is 5. The second-order valence-corrected chi connectivity index (χ2v) is 20.6. The molecule has 9 atom stereocenters. The molecule has 0 saturated heterocycles. The molecule has 2 aromatic rings. The average molecular weight is 712 g/mol. The number of nitrogens with zero attached hydrogens (tertiary/aromatic N) is 4. The fraction of sp³-hybridized carbons (Fsp3) is 0.787. The molecule has 0 radical (unpaired) electrons. The zero-order chi connectivity index (χ0) is 37.5. The van der Waals surface area contributed by atoms with Crippen molar-refractivity contribution in [3.63, 3.8) is 0 Å². The maximum atomic E-state index is 5.96. The molecule has 0 bridgehead atoms. The van der Waals surface area contributed by atoms with Crippen LogP contribution >= 0.6 is 0 Å². The summed E-state index contributed by atoms with van der Waals surface area (Å²) in [5, 5.41) is 0. The van der Waals surface area contributed by atoms with Gasteiger partial charge < -0.3 is 5.73 Å². The molecule has 2 N–H and O–H groups in total. The van der Waals surface area contributed by atoms with Crippen LogP contribution in [0.2, 0.25) is 0 Å². The molecular weight excluding hydrogens is 635 g/mol. The fourth-order valence-electron chi connectivity index (χ4n) is 13.4. The Morgan fingerprint density at radius 2 is 1.40 bits per heavy atom. The summed E-state index contributed by atoms with van der Waals surface area (Å²) in [4.78, 5) is 14.0. The number of rotatable bonds is 14. The number of anilines is 1. The van der Waals surface area contributed by atoms with Gasteiger partial charge in [-0.25, -0.2) is 0 Å². The van der Waals surface area contributed by atoms with Gasteiger partial charge in [0.05, 0.1) is 11.4 Å². The predicted octanol–water partition coefficient (Wildman–Crippen LogP) is 11.1. The third kappa shape index (κ3) is 7.25. The summed E-state index contributed by atoms with van der Waals surface area (Å²) >= 11 is 0. The Kier molecular flexibility index (Phi) is 11.7. The lowest BCUT2D eigenvalue weighted by Gasteiger charge is -2.71. The zero-order valence-electron chi connectivity index (χ0n) is 35.2. The molecule has 5 unspecified atom stereocenters. The van der Waals surface area contributed by atoms with E-state index in [9.17, 15) is 0 Å². The summed E-state index contributed by atoms with van der Waals surface area (Å²) in [5.74, 6) is 4.19. The van der Waals surface area contributed by atoms with E-state index in [-0.39, 0.29) is 0 Å². The van der Waals surface area contributed by atoms with E-state index in [0.717, 1.165) is 67.1 Å². The van der Waals surface area contributed by atoms with E-state index in [1.165, 1.54) is 94.7 Å². The van der Waals surface area contributed by atoms with Gasteiger partial charge in [-0.05, 0) is 165 Å². The van der Waals surface area contributed by atoms with Gasteiger partial charge in [-0.3, -0.25) is 19.8 Å². The highest BCUT2D eigenvalue weighted by molar-refractivity contribution is 5.37. The Bertz CT molecular complexity index is 1510. The first-order valence-electron chi connectivity index (χ1n) is 21.5. The molecule has 0 aromatic carbocycles. The molecule has 0 aliphatic heterocycles. The van der Waals surface area contributed by atoms with E-state index < -0.39 is 0 Å². The second kappa shape index (κ2) is 15.3. The summed E-state index contributed by atoms with van der Waals surface area (Å²) in [6.07, 6.45) is 22.2. The van der Waals surface area contributed by atoms with Crippen LogP contribution in [0.1, 0.15) is 149 Å². The molecule has 0 spiro atoms. The van der Waals surface area contributed by atoms with E-state index in [1.807, 2.05) is 12.1 Å². The lowest BCUT2D eigenvalue weighted by Crippen LogP contribution is -2.64. The maximum Gasteiger partial charge on any atom is 0.0564 e. The van der Waals surface area contributed by atoms with Crippen LogP contribution in [-0.4, -0.2) is 47.0 Å². The first-order chi connectivity index (χ1) is 24.5. The third-order valence-corrected chi connectivity index (χ3v) is 17.5. The standard InChI is InChI=1S/C47H77N5/c1-34(2)12-11-13-35(3)43(4)20-21-46(7)42-15-14-38-29-36(16-19-44(38,5)45(42,6)22-23-47(43,46)8)28-37-17-24-49-40(30-37)32-51(9)26-27-52(10)33-41-31-39(48)18-25-50-41/h17-18,24-25,30-31,34-36,38,42H,11-16,19-23,26-29,32-33H2,1-10H3,(H2,48,50)/t35-,36?,38?,42?,43-,44?,45+,46+,47?/m1/s1. The van der Waals surface area contributed by atoms with E-state index >= 15 is 0 Å². The molecule has 4 saturated carbocycles. The number of hydrogen-bond donors (Lipinski definition) is 1. The number of nitrogens with two attached hydrogens (primary N) is 1. The minimum absolute atomic E-state index is 0.458. The topological polar surface area (TPSA) is 58.3 Å². The number of hydrogen-bond acceptors (Lipinski definition) is 5. The van der Waals surface area contributed by atoms with E-state index in [4.69, 9.17) is 10.7 Å². The second-order valence-electron chi connectivity index (χ2n) is 20.6. The van der Waals surface area contributed by atoms with Crippen LogP contribution in [-0.2, 0) is 19.5 Å². The van der Waals surface area contributed by atoms with Crippen molar-refractivity contribution in [2.45, 2.75) is 152 Å². The van der Waals surface area contributed by atoms with Crippen LogP contribution in [0.3, 0.4) is 0 Å². The SMILES string of the molecule is CC(C)CCC[C@@H](C)[C@@]1(C)CC[C@@]2(C)C3CCC4CC(Cc5ccnc(CN(C)CCN(C)Cc6cc(N)ccn6)c5)CCC4(C)[C@@]3(C)CCC21C. The summed E-state index contributed by atoms with van der Waals surface area (Å²) in [6, 6.07) is 8.53. The van der Waals surface area contributed by atoms with Crippen molar-refractivity contribution >= 4 is 5.69 Å². The van der Waals surface area contributed by atoms with Crippen LogP contribution in [0, 0.1) is 56.7 Å². The van der Waals surface area contributed by atoms with Crippen molar-refractivity contribution in [3.8, 4) is 0 Å². The van der Waals surface area contributed by atoms with Gasteiger partial charge in [-0.2, -0.15) is 0 Å². The molecule has 290 valence electrons. The Balaban J connectivity index is 1.05. The van der Waals surface area contributed by atoms with Gasteiger partial charge in [-0.1, -0.05) is 74.7 Å². The highest BCUT2D eigenvalue weighted by atomic mass is 15.2. The van der Waals surface area contributed by atoms with Crippen LogP contribution in [0.5, 0.6) is 0 Å². The van der Waals surface area contributed by atoms with Crippen molar-refractivity contribution in [2.75, 3.05) is 32.9 Å². The molecule has 2 heterocycles. The third-order valence-electron chi connectivity index (χ3n) is 17.5. The van der Waals surface area contributed by atoms with Gasteiger partial charge in [0, 0.05) is 44.3 Å². The normalized spacial score (nSPS) is 36.5. The Labute approximate surface area is 319 Å². The van der Waals surface area contributed by atoms with Crippen LogP contribution < -0.4 is 5.73 Å². The van der Waals surface area contributed by atoms with Gasteiger partial charge in [-0.15, -0.1) is 0 Å². The van der Waals surface area contributed by atoms with Crippen molar-refractivity contribution in [2.24, 2.45) is 56.7 Å². The Morgan fingerprint density at radius 3 is 2.08 bits per heavy atom. The smallest absolute Gasteiger partial charge is 0.0564 e. The first kappa shape index (κ1) is 39.7. The zero-order valence-corrected chi connectivity index (χ0v) is 35.2. The minimum Gasteiger partial charge on any atom is -0.399 e. The highest BCUT2D eigenvalue weighted by Crippen LogP contribution is 2.80. The summed E-state index contributed by atoms with van der Waals surface area (Å²) in [5.41, 5.74) is 12.8. The van der Waals surface area contributed by atoms with Crippen molar-refractivity contribution in [1.82, 2.24) is 19.8 Å². The molecule has 4 fully saturated rings. The van der Waals surface area contributed by atoms with Crippen molar-refractivity contribution in [1.29, 1.82) is 0 Å². The predicted molar refractivity (Wildman–Crippen MR) is 220 cm³/mol.